The summed E-state index contributed by atoms with van der Waals surface area (Å²) in [6, 6.07) is 0.976. The fourth-order valence-corrected chi connectivity index (χ4v) is 8.21. The van der Waals surface area contributed by atoms with Crippen LogP contribution in [-0.2, 0) is 24.7 Å². The molecule has 0 atom stereocenters. The van der Waals surface area contributed by atoms with Crippen molar-refractivity contribution < 1.29 is 24.7 Å². The summed E-state index contributed by atoms with van der Waals surface area (Å²) in [7, 11) is -1.49. The van der Waals surface area contributed by atoms with E-state index in [1.165, 1.54) is 64.2 Å². The van der Waals surface area contributed by atoms with E-state index in [1.807, 2.05) is 0 Å². The van der Waals surface area contributed by atoms with Crippen LogP contribution in [0.15, 0.2) is 0 Å². The molecule has 6 nitrogen and oxygen atoms in total. The van der Waals surface area contributed by atoms with Gasteiger partial charge in [0.1, 0.15) is 0 Å². The summed E-state index contributed by atoms with van der Waals surface area (Å²) >= 11 is 0. The standard InChI is InChI=1S/C13H27O6Si6/c1-2-3-4-5-6-7-8-9-10-11-12-13-25-18-23-16-21-14-20-15-22-17-24-19-25/h2-13H2,1H3. The minimum atomic E-state index is -1.31. The summed E-state index contributed by atoms with van der Waals surface area (Å²) in [4.78, 5) is 0. The molecule has 11 radical (unpaired) electrons. The predicted octanol–water partition coefficient (Wildman–Crippen LogP) is 2.57. The van der Waals surface area contributed by atoms with Gasteiger partial charge in [-0.2, -0.15) is 0 Å². The van der Waals surface area contributed by atoms with Crippen LogP contribution in [0.2, 0.25) is 6.04 Å². The maximum atomic E-state index is 5.71. The molecule has 0 bridgehead atoms. The van der Waals surface area contributed by atoms with Crippen LogP contribution in [-0.4, -0.2) is 59.3 Å². The first kappa shape index (κ1) is 24.1. The number of unbranched alkanes of at least 4 members (excludes halogenated alkanes) is 10. The van der Waals surface area contributed by atoms with Gasteiger partial charge in [-0.25, -0.2) is 0 Å². The van der Waals surface area contributed by atoms with Crippen molar-refractivity contribution in [3.63, 3.8) is 0 Å². The Morgan fingerprint density at radius 3 is 1.40 bits per heavy atom. The Balaban J connectivity index is 1.93. The Labute approximate surface area is 167 Å². The van der Waals surface area contributed by atoms with Crippen LogP contribution in [0.4, 0.5) is 0 Å². The minimum absolute atomic E-state index is 0.0232. The summed E-state index contributed by atoms with van der Waals surface area (Å²) in [6.07, 6.45) is 14.8. The lowest BCUT2D eigenvalue weighted by molar-refractivity contribution is 0.333. The highest BCUT2D eigenvalue weighted by molar-refractivity contribution is 6.59. The Morgan fingerprint density at radius 2 is 0.920 bits per heavy atom. The molecule has 0 amide bonds. The Morgan fingerprint density at radius 1 is 0.520 bits per heavy atom. The lowest BCUT2D eigenvalue weighted by atomic mass is 10.1. The van der Waals surface area contributed by atoms with Crippen LogP contribution in [0.1, 0.15) is 77.6 Å². The number of rotatable bonds is 12. The molecule has 0 aromatic heterocycles. The van der Waals surface area contributed by atoms with Crippen molar-refractivity contribution in [2.75, 3.05) is 0 Å². The molecule has 1 aliphatic rings. The van der Waals surface area contributed by atoms with Crippen LogP contribution in [0.5, 0.6) is 0 Å². The smallest absolute Gasteiger partial charge is 0.412 e. The van der Waals surface area contributed by atoms with Gasteiger partial charge in [0.15, 0.2) is 0 Å². The molecule has 1 saturated heterocycles. The van der Waals surface area contributed by atoms with Crippen molar-refractivity contribution in [1.82, 2.24) is 0 Å². The van der Waals surface area contributed by atoms with E-state index in [4.69, 9.17) is 24.7 Å². The first-order valence-electron chi connectivity index (χ1n) is 9.01. The summed E-state index contributed by atoms with van der Waals surface area (Å²) in [5.41, 5.74) is 0. The van der Waals surface area contributed by atoms with Crippen LogP contribution >= 0.6 is 0 Å². The molecule has 1 heterocycles. The second-order valence-corrected chi connectivity index (χ2v) is 12.7. The number of hydrogen-bond acceptors (Lipinski definition) is 6. The van der Waals surface area contributed by atoms with Gasteiger partial charge in [-0.1, -0.05) is 77.6 Å². The van der Waals surface area contributed by atoms with Gasteiger partial charge in [-0.3, -0.25) is 0 Å². The van der Waals surface area contributed by atoms with Crippen LogP contribution in [0.25, 0.3) is 0 Å². The topological polar surface area (TPSA) is 55.4 Å². The zero-order valence-corrected chi connectivity index (χ0v) is 20.9. The molecule has 12 heteroatoms. The fraction of sp³-hybridized carbons (Fsp3) is 1.00. The highest BCUT2D eigenvalue weighted by atomic mass is 28.4. The molecule has 1 fully saturated rings. The summed E-state index contributed by atoms with van der Waals surface area (Å²) in [5, 5.41) is 0. The Hall–Kier alpha value is 1.06. The molecule has 0 N–H and O–H groups in total. The Kier molecular flexibility index (Phi) is 19.1. The van der Waals surface area contributed by atoms with Crippen molar-refractivity contribution in [1.29, 1.82) is 0 Å². The van der Waals surface area contributed by atoms with Gasteiger partial charge in [0.2, 0.25) is 0 Å². The second kappa shape index (κ2) is 19.8. The summed E-state index contributed by atoms with van der Waals surface area (Å²) < 4.78 is 32.3. The molecule has 0 aromatic carbocycles. The molecule has 139 valence electrons. The molecule has 0 unspecified atom stereocenters. The third kappa shape index (κ3) is 16.9. The highest BCUT2D eigenvalue weighted by Crippen LogP contribution is 2.13. The van der Waals surface area contributed by atoms with Gasteiger partial charge < -0.3 is 24.7 Å². The second-order valence-electron chi connectivity index (χ2n) is 5.69. The molecule has 0 spiro atoms. The van der Waals surface area contributed by atoms with Crippen molar-refractivity contribution in [2.45, 2.75) is 83.6 Å². The molecular formula is C13H27O6Si6. The first-order valence-corrected chi connectivity index (χ1v) is 14.6. The van der Waals surface area contributed by atoms with E-state index in [0.29, 0.717) is 0 Å². The lowest BCUT2D eigenvalue weighted by Crippen LogP contribution is -2.31. The zero-order valence-electron chi connectivity index (χ0n) is 14.9. The van der Waals surface area contributed by atoms with E-state index in [1.54, 1.807) is 0 Å². The highest BCUT2D eigenvalue weighted by Gasteiger charge is 2.18. The third-order valence-corrected chi connectivity index (χ3v) is 9.55. The average molecular weight is 448 g/mol. The lowest BCUT2D eigenvalue weighted by Gasteiger charge is -2.14. The average Bonchev–Trinajstić information content (AvgIpc) is 2.61. The van der Waals surface area contributed by atoms with Crippen LogP contribution in [0.3, 0.4) is 0 Å². The van der Waals surface area contributed by atoms with Crippen molar-refractivity contribution in [3.05, 3.63) is 0 Å². The maximum Gasteiger partial charge on any atom is 0.412 e. The molecule has 0 saturated carbocycles. The van der Waals surface area contributed by atoms with E-state index in [-0.39, 0.29) is 50.0 Å². The van der Waals surface area contributed by atoms with Gasteiger partial charge in [0, 0.05) is 0 Å². The van der Waals surface area contributed by atoms with Crippen LogP contribution < -0.4 is 0 Å². The first-order chi connectivity index (χ1) is 12.4. The van der Waals surface area contributed by atoms with Crippen molar-refractivity contribution in [2.24, 2.45) is 0 Å². The molecular weight excluding hydrogens is 421 g/mol. The van der Waals surface area contributed by atoms with E-state index in [9.17, 15) is 0 Å². The van der Waals surface area contributed by atoms with Gasteiger partial charge >= 0.3 is 59.3 Å². The van der Waals surface area contributed by atoms with E-state index in [0.717, 1.165) is 12.5 Å². The molecule has 1 rings (SSSR count). The predicted molar refractivity (Wildman–Crippen MR) is 102 cm³/mol. The summed E-state index contributed by atoms with van der Waals surface area (Å²) in [5.74, 6) is 0. The van der Waals surface area contributed by atoms with E-state index >= 15 is 0 Å². The van der Waals surface area contributed by atoms with Crippen molar-refractivity contribution in [3.8, 4) is 0 Å². The molecule has 0 aliphatic carbocycles. The van der Waals surface area contributed by atoms with Gasteiger partial charge in [-0.15, -0.1) is 0 Å². The molecule has 0 aromatic rings. The largest absolute Gasteiger partial charge is 0.413 e. The van der Waals surface area contributed by atoms with Gasteiger partial charge in [0.05, 0.1) is 0 Å². The van der Waals surface area contributed by atoms with Gasteiger partial charge in [-0.05, 0) is 6.04 Å². The maximum absolute atomic E-state index is 5.71. The fourth-order valence-electron chi connectivity index (χ4n) is 2.32. The molecule has 1 aliphatic heterocycles. The minimum Gasteiger partial charge on any atom is -0.413 e. The monoisotopic (exact) mass is 447 g/mol. The SMILES string of the molecule is CCCCCCCCCCCCC[Si]1O[Si]O[Si]O[Si]O[Si]O[Si]O1. The zero-order chi connectivity index (χ0) is 17.8. The summed E-state index contributed by atoms with van der Waals surface area (Å²) in [6.45, 7) is 2.27. The van der Waals surface area contributed by atoms with Crippen LogP contribution in [0, 0.1) is 0 Å². The Bertz CT molecular complexity index is 269. The van der Waals surface area contributed by atoms with E-state index in [2.05, 4.69) is 6.92 Å². The quantitative estimate of drug-likeness (QED) is 0.338. The number of hydrogen-bond donors (Lipinski definition) is 0. The van der Waals surface area contributed by atoms with Crippen molar-refractivity contribution >= 4 is 59.3 Å². The third-order valence-electron chi connectivity index (χ3n) is 3.63. The van der Waals surface area contributed by atoms with Gasteiger partial charge in [0.25, 0.3) is 0 Å². The normalized spacial score (nSPS) is 18.6. The molecule has 25 heavy (non-hydrogen) atoms. The van der Waals surface area contributed by atoms with E-state index < -0.39 is 9.28 Å².